The summed E-state index contributed by atoms with van der Waals surface area (Å²) in [5.74, 6) is -0.0791. The minimum atomic E-state index is -0.179. The summed E-state index contributed by atoms with van der Waals surface area (Å²) in [6, 6.07) is 16.2. The molecule has 126 valence electrons. The molecule has 0 spiro atoms. The highest BCUT2D eigenvalue weighted by atomic mass is 16.1. The normalized spacial score (nSPS) is 10.4. The van der Waals surface area contributed by atoms with Gasteiger partial charge in [-0.2, -0.15) is 5.10 Å². The van der Waals surface area contributed by atoms with Crippen LogP contribution in [0.25, 0.3) is 11.3 Å². The quantitative estimate of drug-likeness (QED) is 0.752. The lowest BCUT2D eigenvalue weighted by molar-refractivity contribution is -0.116. The number of benzene rings is 1. The van der Waals surface area contributed by atoms with Crippen molar-refractivity contribution in [2.45, 2.75) is 19.4 Å². The molecule has 2 aromatic heterocycles. The first kappa shape index (κ1) is 16.6. The van der Waals surface area contributed by atoms with E-state index in [-0.39, 0.29) is 11.5 Å². The number of pyridine rings is 1. The van der Waals surface area contributed by atoms with E-state index in [0.717, 1.165) is 11.3 Å². The van der Waals surface area contributed by atoms with Gasteiger partial charge in [0.2, 0.25) is 5.91 Å². The van der Waals surface area contributed by atoms with Crippen molar-refractivity contribution in [3.8, 4) is 11.3 Å². The Bertz CT molecular complexity index is 892. The van der Waals surface area contributed by atoms with E-state index in [1.807, 2.05) is 42.5 Å². The van der Waals surface area contributed by atoms with E-state index in [4.69, 9.17) is 0 Å². The van der Waals surface area contributed by atoms with E-state index in [1.54, 1.807) is 18.5 Å². The molecule has 0 saturated heterocycles. The highest BCUT2D eigenvalue weighted by Crippen LogP contribution is 2.13. The second-order valence-corrected chi connectivity index (χ2v) is 5.53. The van der Waals surface area contributed by atoms with Crippen LogP contribution in [0.1, 0.15) is 12.8 Å². The van der Waals surface area contributed by atoms with Gasteiger partial charge in [-0.15, -0.1) is 0 Å². The van der Waals surface area contributed by atoms with Crippen molar-refractivity contribution in [3.63, 3.8) is 0 Å². The van der Waals surface area contributed by atoms with Crippen LogP contribution in [0.5, 0.6) is 0 Å². The molecule has 3 aromatic rings. The number of hydrogen-bond acceptors (Lipinski definition) is 4. The Morgan fingerprint density at radius 2 is 1.76 bits per heavy atom. The molecule has 0 atom stereocenters. The first-order valence-corrected chi connectivity index (χ1v) is 8.06. The zero-order valence-electron chi connectivity index (χ0n) is 13.6. The molecule has 0 radical (unpaired) electrons. The van der Waals surface area contributed by atoms with Gasteiger partial charge >= 0.3 is 0 Å². The van der Waals surface area contributed by atoms with Crippen LogP contribution in [-0.2, 0) is 11.3 Å². The summed E-state index contributed by atoms with van der Waals surface area (Å²) < 4.78 is 1.39. The van der Waals surface area contributed by atoms with Gasteiger partial charge in [-0.1, -0.05) is 18.2 Å². The maximum Gasteiger partial charge on any atom is 0.266 e. The maximum absolute atomic E-state index is 12.0. The Labute approximate surface area is 145 Å². The molecular formula is C19H18N4O2. The second kappa shape index (κ2) is 8.01. The smallest absolute Gasteiger partial charge is 0.266 e. The van der Waals surface area contributed by atoms with Crippen LogP contribution in [0, 0.1) is 0 Å². The largest absolute Gasteiger partial charge is 0.326 e. The highest BCUT2D eigenvalue weighted by molar-refractivity contribution is 5.90. The van der Waals surface area contributed by atoms with Crippen LogP contribution in [0.2, 0.25) is 0 Å². The summed E-state index contributed by atoms with van der Waals surface area (Å²) in [5.41, 5.74) is 2.19. The molecule has 0 unspecified atom stereocenters. The third-order valence-electron chi connectivity index (χ3n) is 3.67. The summed E-state index contributed by atoms with van der Waals surface area (Å²) in [5, 5.41) is 7.19. The molecule has 1 N–H and O–H groups in total. The van der Waals surface area contributed by atoms with E-state index < -0.39 is 0 Å². The lowest BCUT2D eigenvalue weighted by Crippen LogP contribution is -2.23. The fourth-order valence-electron chi connectivity index (χ4n) is 2.42. The molecule has 2 heterocycles. The maximum atomic E-state index is 12.0. The van der Waals surface area contributed by atoms with Crippen molar-refractivity contribution in [2.24, 2.45) is 0 Å². The second-order valence-electron chi connectivity index (χ2n) is 5.53. The molecule has 0 aliphatic rings. The number of anilines is 1. The van der Waals surface area contributed by atoms with Crippen molar-refractivity contribution in [1.29, 1.82) is 0 Å². The van der Waals surface area contributed by atoms with Crippen LogP contribution in [0.15, 0.2) is 71.8 Å². The van der Waals surface area contributed by atoms with E-state index in [2.05, 4.69) is 15.4 Å². The summed E-state index contributed by atoms with van der Waals surface area (Å²) in [6.07, 6.45) is 4.22. The third kappa shape index (κ3) is 4.60. The predicted octanol–water partition coefficient (Wildman–Crippen LogP) is 2.72. The lowest BCUT2D eigenvalue weighted by Gasteiger charge is -2.08. The van der Waals surface area contributed by atoms with Gasteiger partial charge in [-0.3, -0.25) is 14.6 Å². The number of carbonyl (C=O) groups excluding carboxylic acids is 1. The predicted molar refractivity (Wildman–Crippen MR) is 96.0 cm³/mol. The van der Waals surface area contributed by atoms with Crippen LogP contribution in [0.3, 0.4) is 0 Å². The first-order valence-electron chi connectivity index (χ1n) is 8.06. The number of carbonyl (C=O) groups is 1. The fourth-order valence-corrected chi connectivity index (χ4v) is 2.42. The number of aryl methyl sites for hydroxylation is 1. The zero-order valence-corrected chi connectivity index (χ0v) is 13.6. The Hall–Kier alpha value is -3.28. The lowest BCUT2D eigenvalue weighted by atomic mass is 10.2. The van der Waals surface area contributed by atoms with Crippen molar-refractivity contribution < 1.29 is 4.79 Å². The van der Waals surface area contributed by atoms with E-state index in [1.165, 1.54) is 10.7 Å². The van der Waals surface area contributed by atoms with Gasteiger partial charge in [-0.05, 0) is 36.8 Å². The average molecular weight is 334 g/mol. The van der Waals surface area contributed by atoms with Crippen molar-refractivity contribution in [3.05, 3.63) is 77.3 Å². The molecule has 6 nitrogen and oxygen atoms in total. The Morgan fingerprint density at radius 1 is 1.00 bits per heavy atom. The molecule has 0 aliphatic carbocycles. The Balaban J connectivity index is 1.59. The first-order chi connectivity index (χ1) is 12.2. The molecule has 25 heavy (non-hydrogen) atoms. The molecule has 1 amide bonds. The summed E-state index contributed by atoms with van der Waals surface area (Å²) >= 11 is 0. The van der Waals surface area contributed by atoms with Gasteiger partial charge in [0, 0.05) is 42.7 Å². The van der Waals surface area contributed by atoms with Gasteiger partial charge in [0.15, 0.2) is 0 Å². The van der Waals surface area contributed by atoms with Crippen molar-refractivity contribution in [1.82, 2.24) is 14.8 Å². The molecule has 1 aromatic carbocycles. The summed E-state index contributed by atoms with van der Waals surface area (Å²) in [7, 11) is 0. The highest BCUT2D eigenvalue weighted by Gasteiger charge is 2.06. The van der Waals surface area contributed by atoms with Crippen molar-refractivity contribution >= 4 is 11.6 Å². The SMILES string of the molecule is O=C(CCCn1nc(-c2ccncc2)ccc1=O)Nc1ccccc1. The van der Waals surface area contributed by atoms with Gasteiger partial charge in [-0.25, -0.2) is 4.68 Å². The molecule has 0 aliphatic heterocycles. The minimum Gasteiger partial charge on any atom is -0.326 e. The molecule has 6 heteroatoms. The minimum absolute atomic E-state index is 0.0791. The van der Waals surface area contributed by atoms with Gasteiger partial charge in [0.25, 0.3) is 5.56 Å². The Kier molecular flexibility index (Phi) is 5.31. The standard InChI is InChI=1S/C19H18N4O2/c24-18(21-16-5-2-1-3-6-16)7-4-14-23-19(25)9-8-17(22-23)15-10-12-20-13-11-15/h1-3,5-6,8-13H,4,7,14H2,(H,21,24). The molecule has 0 bridgehead atoms. The molecule has 0 saturated carbocycles. The summed E-state index contributed by atoms with van der Waals surface area (Å²) in [6.45, 7) is 0.389. The number of amides is 1. The topological polar surface area (TPSA) is 76.9 Å². The number of hydrogen-bond donors (Lipinski definition) is 1. The van der Waals surface area contributed by atoms with Crippen LogP contribution >= 0.6 is 0 Å². The van der Waals surface area contributed by atoms with Gasteiger partial charge < -0.3 is 5.32 Å². The number of rotatable bonds is 6. The van der Waals surface area contributed by atoms with Crippen LogP contribution in [-0.4, -0.2) is 20.7 Å². The summed E-state index contributed by atoms with van der Waals surface area (Å²) in [4.78, 5) is 27.9. The van der Waals surface area contributed by atoms with E-state index >= 15 is 0 Å². The monoisotopic (exact) mass is 334 g/mol. The van der Waals surface area contributed by atoms with Gasteiger partial charge in [0.05, 0.1) is 5.69 Å². The van der Waals surface area contributed by atoms with E-state index in [0.29, 0.717) is 25.1 Å². The Morgan fingerprint density at radius 3 is 2.52 bits per heavy atom. The average Bonchev–Trinajstić information content (AvgIpc) is 2.65. The molecular weight excluding hydrogens is 316 g/mol. The number of aromatic nitrogens is 3. The number of nitrogens with one attached hydrogen (secondary N) is 1. The molecule has 0 fully saturated rings. The molecule has 3 rings (SSSR count). The zero-order chi connectivity index (χ0) is 17.5. The number of para-hydroxylation sites is 1. The fraction of sp³-hybridized carbons (Fsp3) is 0.158. The number of nitrogens with zero attached hydrogens (tertiary/aromatic N) is 3. The third-order valence-corrected chi connectivity index (χ3v) is 3.67. The van der Waals surface area contributed by atoms with Crippen LogP contribution < -0.4 is 10.9 Å². The van der Waals surface area contributed by atoms with Crippen LogP contribution in [0.4, 0.5) is 5.69 Å². The van der Waals surface area contributed by atoms with E-state index in [9.17, 15) is 9.59 Å². The van der Waals surface area contributed by atoms with Crippen molar-refractivity contribution in [2.75, 3.05) is 5.32 Å². The van der Waals surface area contributed by atoms with Gasteiger partial charge in [0.1, 0.15) is 0 Å².